The summed E-state index contributed by atoms with van der Waals surface area (Å²) in [5, 5.41) is 4.18. The Balaban J connectivity index is 2.13. The highest BCUT2D eigenvalue weighted by Gasteiger charge is 2.26. The van der Waals surface area contributed by atoms with E-state index >= 15 is 0 Å². The number of pyridine rings is 1. The lowest BCUT2D eigenvalue weighted by Crippen LogP contribution is -2.45. The van der Waals surface area contributed by atoms with Gasteiger partial charge in [-0.25, -0.2) is 0 Å². The van der Waals surface area contributed by atoms with Crippen molar-refractivity contribution < 1.29 is 0 Å². The Morgan fingerprint density at radius 3 is 3.11 bits per heavy atom. The molecule has 1 aromatic rings. The standard InChI is InChI=1S/C15H25N3S/c1-4-6-16-10-14-11-17-7-5-15(14)18-8-9-19-13(3)12(18)2/h5,7,11-13,16H,4,6,8-10H2,1-3H3. The largest absolute Gasteiger partial charge is 0.367 e. The summed E-state index contributed by atoms with van der Waals surface area (Å²) in [5.74, 6) is 1.22. The normalized spacial score (nSPS) is 23.6. The second kappa shape index (κ2) is 7.15. The van der Waals surface area contributed by atoms with Crippen LogP contribution in [0.15, 0.2) is 18.5 Å². The van der Waals surface area contributed by atoms with Crippen LogP contribution in [0.2, 0.25) is 0 Å². The first-order valence-corrected chi connectivity index (χ1v) is 8.30. The first kappa shape index (κ1) is 14.7. The molecular formula is C15H25N3S. The average Bonchev–Trinajstić information content (AvgIpc) is 2.43. The number of hydrogen-bond donors (Lipinski definition) is 1. The third-order valence-electron chi connectivity index (χ3n) is 3.81. The highest BCUT2D eigenvalue weighted by molar-refractivity contribution is 8.00. The second-order valence-electron chi connectivity index (χ2n) is 5.19. The van der Waals surface area contributed by atoms with Gasteiger partial charge in [-0.05, 0) is 26.0 Å². The summed E-state index contributed by atoms with van der Waals surface area (Å²) >= 11 is 2.08. The van der Waals surface area contributed by atoms with Gasteiger partial charge in [0.15, 0.2) is 0 Å². The van der Waals surface area contributed by atoms with Crippen LogP contribution < -0.4 is 10.2 Å². The Morgan fingerprint density at radius 1 is 1.47 bits per heavy atom. The number of thioether (sulfide) groups is 1. The predicted molar refractivity (Wildman–Crippen MR) is 85.0 cm³/mol. The maximum Gasteiger partial charge on any atom is 0.0445 e. The van der Waals surface area contributed by atoms with Crippen molar-refractivity contribution in [2.24, 2.45) is 0 Å². The van der Waals surface area contributed by atoms with E-state index in [4.69, 9.17) is 0 Å². The zero-order valence-electron chi connectivity index (χ0n) is 12.2. The van der Waals surface area contributed by atoms with E-state index in [9.17, 15) is 0 Å². The average molecular weight is 279 g/mol. The molecule has 1 aliphatic rings. The molecule has 0 radical (unpaired) electrons. The molecule has 0 aliphatic carbocycles. The smallest absolute Gasteiger partial charge is 0.0445 e. The summed E-state index contributed by atoms with van der Waals surface area (Å²) in [6.45, 7) is 9.99. The molecule has 1 fully saturated rings. The van der Waals surface area contributed by atoms with Crippen molar-refractivity contribution in [3.05, 3.63) is 24.0 Å². The van der Waals surface area contributed by atoms with Crippen LogP contribution in [0.3, 0.4) is 0 Å². The van der Waals surface area contributed by atoms with Gasteiger partial charge in [-0.15, -0.1) is 0 Å². The van der Waals surface area contributed by atoms with Crippen LogP contribution >= 0.6 is 11.8 Å². The molecule has 2 rings (SSSR count). The summed E-state index contributed by atoms with van der Waals surface area (Å²) in [5.41, 5.74) is 2.68. The van der Waals surface area contributed by atoms with Crippen LogP contribution in [0.1, 0.15) is 32.8 Å². The van der Waals surface area contributed by atoms with Gasteiger partial charge in [-0.3, -0.25) is 4.98 Å². The van der Waals surface area contributed by atoms with Gasteiger partial charge in [0.05, 0.1) is 0 Å². The van der Waals surface area contributed by atoms with Crippen molar-refractivity contribution >= 4 is 17.4 Å². The lowest BCUT2D eigenvalue weighted by molar-refractivity contribution is 0.617. The molecule has 0 aromatic carbocycles. The molecule has 1 N–H and O–H groups in total. The molecular weight excluding hydrogens is 254 g/mol. The van der Waals surface area contributed by atoms with E-state index in [1.54, 1.807) is 0 Å². The maximum atomic E-state index is 4.29. The fourth-order valence-electron chi connectivity index (χ4n) is 2.51. The van der Waals surface area contributed by atoms with Gasteiger partial charge in [0, 0.05) is 53.8 Å². The minimum Gasteiger partial charge on any atom is -0.367 e. The molecule has 2 atom stereocenters. The maximum absolute atomic E-state index is 4.29. The first-order valence-electron chi connectivity index (χ1n) is 7.26. The van der Waals surface area contributed by atoms with Crippen molar-refractivity contribution in [3.8, 4) is 0 Å². The summed E-state index contributed by atoms with van der Waals surface area (Å²) in [7, 11) is 0. The molecule has 0 saturated carbocycles. The molecule has 0 bridgehead atoms. The SMILES string of the molecule is CCCNCc1cnccc1N1CCSC(C)C1C. The zero-order chi connectivity index (χ0) is 13.7. The fourth-order valence-corrected chi connectivity index (χ4v) is 3.61. The number of rotatable bonds is 5. The van der Waals surface area contributed by atoms with E-state index in [1.165, 1.54) is 23.4 Å². The van der Waals surface area contributed by atoms with Crippen molar-refractivity contribution in [1.29, 1.82) is 0 Å². The van der Waals surface area contributed by atoms with Crippen LogP contribution in [0.4, 0.5) is 5.69 Å². The van der Waals surface area contributed by atoms with Gasteiger partial charge in [-0.2, -0.15) is 11.8 Å². The van der Waals surface area contributed by atoms with E-state index < -0.39 is 0 Å². The van der Waals surface area contributed by atoms with Gasteiger partial charge in [0.2, 0.25) is 0 Å². The van der Waals surface area contributed by atoms with Gasteiger partial charge in [0.25, 0.3) is 0 Å². The van der Waals surface area contributed by atoms with E-state index in [-0.39, 0.29) is 0 Å². The van der Waals surface area contributed by atoms with Crippen LogP contribution in [-0.2, 0) is 6.54 Å². The minimum absolute atomic E-state index is 0.589. The van der Waals surface area contributed by atoms with Crippen LogP contribution in [0.25, 0.3) is 0 Å². The Labute approximate surface area is 121 Å². The van der Waals surface area contributed by atoms with E-state index in [1.807, 2.05) is 12.4 Å². The summed E-state index contributed by atoms with van der Waals surface area (Å²) in [6.07, 6.45) is 5.10. The summed E-state index contributed by atoms with van der Waals surface area (Å²) in [4.78, 5) is 6.84. The number of nitrogens with one attached hydrogen (secondary N) is 1. The topological polar surface area (TPSA) is 28.2 Å². The summed E-state index contributed by atoms with van der Waals surface area (Å²) < 4.78 is 0. The third kappa shape index (κ3) is 3.63. The van der Waals surface area contributed by atoms with E-state index in [0.717, 1.165) is 19.6 Å². The van der Waals surface area contributed by atoms with Crippen LogP contribution in [0.5, 0.6) is 0 Å². The van der Waals surface area contributed by atoms with E-state index in [2.05, 4.69) is 53.8 Å². The van der Waals surface area contributed by atoms with Crippen molar-refractivity contribution in [2.45, 2.75) is 45.0 Å². The molecule has 19 heavy (non-hydrogen) atoms. The van der Waals surface area contributed by atoms with Crippen molar-refractivity contribution in [3.63, 3.8) is 0 Å². The van der Waals surface area contributed by atoms with Crippen molar-refractivity contribution in [2.75, 3.05) is 23.7 Å². The molecule has 3 nitrogen and oxygen atoms in total. The van der Waals surface area contributed by atoms with Gasteiger partial charge < -0.3 is 10.2 Å². The molecule has 1 saturated heterocycles. The summed E-state index contributed by atoms with van der Waals surface area (Å²) in [6, 6.07) is 2.76. The molecule has 2 unspecified atom stereocenters. The molecule has 0 spiro atoms. The Bertz CT molecular complexity index is 397. The molecule has 0 amide bonds. The zero-order valence-corrected chi connectivity index (χ0v) is 13.0. The van der Waals surface area contributed by atoms with Gasteiger partial charge >= 0.3 is 0 Å². The molecule has 106 valence electrons. The molecule has 4 heteroatoms. The van der Waals surface area contributed by atoms with Gasteiger partial charge in [0.1, 0.15) is 0 Å². The number of hydrogen-bond acceptors (Lipinski definition) is 4. The number of nitrogens with zero attached hydrogens (tertiary/aromatic N) is 2. The Hall–Kier alpha value is -0.740. The predicted octanol–water partition coefficient (Wildman–Crippen LogP) is 2.91. The monoisotopic (exact) mass is 279 g/mol. The number of anilines is 1. The van der Waals surface area contributed by atoms with E-state index in [0.29, 0.717) is 11.3 Å². The third-order valence-corrected chi connectivity index (χ3v) is 5.15. The first-order chi connectivity index (χ1) is 9.24. The highest BCUT2D eigenvalue weighted by Crippen LogP contribution is 2.30. The second-order valence-corrected chi connectivity index (χ2v) is 6.68. The fraction of sp³-hybridized carbons (Fsp3) is 0.667. The lowest BCUT2D eigenvalue weighted by Gasteiger charge is -2.40. The van der Waals surface area contributed by atoms with Crippen LogP contribution in [0, 0.1) is 0 Å². The minimum atomic E-state index is 0.589. The number of aromatic nitrogens is 1. The Morgan fingerprint density at radius 2 is 2.32 bits per heavy atom. The quantitative estimate of drug-likeness (QED) is 0.839. The van der Waals surface area contributed by atoms with Crippen molar-refractivity contribution in [1.82, 2.24) is 10.3 Å². The molecule has 1 aliphatic heterocycles. The molecule has 2 heterocycles. The Kier molecular flexibility index (Phi) is 5.52. The van der Waals surface area contributed by atoms with Gasteiger partial charge in [-0.1, -0.05) is 13.8 Å². The van der Waals surface area contributed by atoms with Crippen LogP contribution in [-0.4, -0.2) is 35.1 Å². The highest BCUT2D eigenvalue weighted by atomic mass is 32.2. The molecule has 1 aromatic heterocycles. The lowest BCUT2D eigenvalue weighted by atomic mass is 10.1.